The zero-order chi connectivity index (χ0) is 19.8. The molecular weight excluding hydrogens is 330 g/mol. The normalized spacial score (nSPS) is 13.8. The van der Waals surface area contributed by atoms with E-state index in [1.165, 1.54) is 11.8 Å². The highest BCUT2D eigenvalue weighted by molar-refractivity contribution is 6.74. The summed E-state index contributed by atoms with van der Waals surface area (Å²) in [5.41, 5.74) is 0. The summed E-state index contributed by atoms with van der Waals surface area (Å²) < 4.78 is 6.16. The van der Waals surface area contributed by atoms with Gasteiger partial charge in [-0.1, -0.05) is 48.0 Å². The van der Waals surface area contributed by atoms with E-state index >= 15 is 0 Å². The molecule has 0 radical (unpaired) electrons. The number of hydrogen-bond acceptors (Lipinski definition) is 3. The summed E-state index contributed by atoms with van der Waals surface area (Å²) in [6, 6.07) is 0.00641. The lowest BCUT2D eigenvalue weighted by Crippen LogP contribution is -2.45. The Kier molecular flexibility index (Phi) is 10.2. The second-order valence-corrected chi connectivity index (χ2v) is 13.7. The fourth-order valence-corrected chi connectivity index (χ4v) is 3.85. The van der Waals surface area contributed by atoms with Crippen LogP contribution in [0.2, 0.25) is 18.1 Å². The molecule has 0 saturated carbocycles. The number of nitrogens with zero attached hydrogens (tertiary/aromatic N) is 1. The van der Waals surface area contributed by atoms with E-state index in [2.05, 4.69) is 47.7 Å². The summed E-state index contributed by atoms with van der Waals surface area (Å²) in [6.07, 6.45) is 4.01. The predicted molar refractivity (Wildman–Crippen MR) is 108 cm³/mol. The molecule has 0 saturated heterocycles. The number of rotatable bonds is 10. The molecule has 0 aromatic carbocycles. The van der Waals surface area contributed by atoms with Gasteiger partial charge in [0.2, 0.25) is 11.8 Å². The molecule has 0 aliphatic carbocycles. The van der Waals surface area contributed by atoms with Crippen LogP contribution in [0, 0.1) is 5.92 Å². The van der Waals surface area contributed by atoms with Crippen molar-refractivity contribution < 1.29 is 14.0 Å². The molecule has 148 valence electrons. The molecule has 0 unspecified atom stereocenters. The van der Waals surface area contributed by atoms with Gasteiger partial charge in [0.15, 0.2) is 8.32 Å². The van der Waals surface area contributed by atoms with Crippen LogP contribution in [0.5, 0.6) is 0 Å². The van der Waals surface area contributed by atoms with Crippen molar-refractivity contribution in [2.24, 2.45) is 5.92 Å². The first-order valence-electron chi connectivity index (χ1n) is 9.81. The Morgan fingerprint density at radius 1 is 1.08 bits per heavy atom. The molecule has 0 rings (SSSR count). The van der Waals surface area contributed by atoms with E-state index in [0.717, 1.165) is 32.3 Å². The Bertz CT molecular complexity index is 427. The van der Waals surface area contributed by atoms with Crippen molar-refractivity contribution >= 4 is 20.1 Å². The summed E-state index contributed by atoms with van der Waals surface area (Å²) >= 11 is 0. The first kappa shape index (κ1) is 24.3. The summed E-state index contributed by atoms with van der Waals surface area (Å²) in [5.74, 6) is 0.126. The molecule has 4 nitrogen and oxygen atoms in total. The van der Waals surface area contributed by atoms with Gasteiger partial charge in [-0.3, -0.25) is 14.5 Å². The minimum Gasteiger partial charge on any atom is -0.417 e. The molecule has 0 aromatic heterocycles. The van der Waals surface area contributed by atoms with E-state index in [0.29, 0.717) is 6.42 Å². The van der Waals surface area contributed by atoms with Crippen LogP contribution in [0.25, 0.3) is 0 Å². The average molecular weight is 372 g/mol. The number of unbranched alkanes of at least 4 members (excludes halogenated alkanes) is 2. The number of hydrogen-bond donors (Lipinski definition) is 0. The zero-order valence-corrected chi connectivity index (χ0v) is 19.1. The topological polar surface area (TPSA) is 46.6 Å². The van der Waals surface area contributed by atoms with Crippen LogP contribution in [0.3, 0.4) is 0 Å². The molecule has 0 N–H and O–H groups in total. The van der Waals surface area contributed by atoms with E-state index in [-0.39, 0.29) is 28.8 Å². The Balaban J connectivity index is 4.31. The third kappa shape index (κ3) is 8.03. The minimum atomic E-state index is -1.67. The summed E-state index contributed by atoms with van der Waals surface area (Å²) in [7, 11) is -1.67. The van der Waals surface area contributed by atoms with Crippen LogP contribution in [-0.4, -0.2) is 37.7 Å². The quantitative estimate of drug-likeness (QED) is 0.383. The van der Waals surface area contributed by atoms with Gasteiger partial charge in [-0.25, -0.2) is 0 Å². The standard InChI is InChI=1S/C20H41NO3Si/c1-10-18(16(2)3)21(17(4)22)19(23)14-12-11-13-15-24-25(8,9)20(5,6)7/h16,18H,10-15H2,1-9H3/t18-/m1/s1. The van der Waals surface area contributed by atoms with Crippen LogP contribution in [-0.2, 0) is 14.0 Å². The molecule has 5 heteroatoms. The van der Waals surface area contributed by atoms with Gasteiger partial charge in [-0.05, 0) is 43.3 Å². The number of imide groups is 1. The molecule has 0 fully saturated rings. The Morgan fingerprint density at radius 3 is 2.04 bits per heavy atom. The molecule has 0 bridgehead atoms. The molecule has 0 aromatic rings. The second kappa shape index (κ2) is 10.5. The Labute approximate surface area is 156 Å². The van der Waals surface area contributed by atoms with Crippen molar-refractivity contribution in [3.8, 4) is 0 Å². The van der Waals surface area contributed by atoms with E-state index in [4.69, 9.17) is 4.43 Å². The number of amides is 2. The van der Waals surface area contributed by atoms with Gasteiger partial charge in [-0.15, -0.1) is 0 Å². The number of carbonyl (C=O) groups excluding carboxylic acids is 2. The van der Waals surface area contributed by atoms with Gasteiger partial charge < -0.3 is 4.43 Å². The maximum Gasteiger partial charge on any atom is 0.229 e. The van der Waals surface area contributed by atoms with Crippen molar-refractivity contribution in [3.63, 3.8) is 0 Å². The highest BCUT2D eigenvalue weighted by atomic mass is 28.4. The molecule has 1 atom stereocenters. The molecule has 0 aliphatic heterocycles. The lowest BCUT2D eigenvalue weighted by molar-refractivity contribution is -0.147. The van der Waals surface area contributed by atoms with E-state index < -0.39 is 8.32 Å². The van der Waals surface area contributed by atoms with Crippen LogP contribution < -0.4 is 0 Å². The molecule has 0 aliphatic rings. The first-order valence-corrected chi connectivity index (χ1v) is 12.7. The van der Waals surface area contributed by atoms with Crippen molar-refractivity contribution in [1.82, 2.24) is 4.90 Å². The summed E-state index contributed by atoms with van der Waals surface area (Å²) in [6.45, 7) is 19.7. The van der Waals surface area contributed by atoms with Crippen LogP contribution in [0.4, 0.5) is 0 Å². The van der Waals surface area contributed by atoms with Crippen molar-refractivity contribution in [1.29, 1.82) is 0 Å². The fraction of sp³-hybridized carbons (Fsp3) is 0.900. The van der Waals surface area contributed by atoms with Crippen LogP contribution >= 0.6 is 0 Å². The van der Waals surface area contributed by atoms with E-state index in [1.807, 2.05) is 6.92 Å². The van der Waals surface area contributed by atoms with Gasteiger partial charge in [0.25, 0.3) is 0 Å². The molecule has 0 spiro atoms. The van der Waals surface area contributed by atoms with Crippen LogP contribution in [0.15, 0.2) is 0 Å². The Hall–Kier alpha value is -0.683. The molecule has 0 heterocycles. The lowest BCUT2D eigenvalue weighted by atomic mass is 9.99. The zero-order valence-electron chi connectivity index (χ0n) is 18.1. The lowest BCUT2D eigenvalue weighted by Gasteiger charge is -2.36. The highest BCUT2D eigenvalue weighted by Gasteiger charge is 2.36. The second-order valence-electron chi connectivity index (χ2n) is 8.92. The SMILES string of the molecule is CC[C@H](C(C)C)N(C(C)=O)C(=O)CCCCCO[Si](C)(C)C(C)(C)C. The predicted octanol–water partition coefficient (Wildman–Crippen LogP) is 5.38. The van der Waals surface area contributed by atoms with Gasteiger partial charge in [-0.2, -0.15) is 0 Å². The molecule has 25 heavy (non-hydrogen) atoms. The van der Waals surface area contributed by atoms with E-state index in [9.17, 15) is 9.59 Å². The average Bonchev–Trinajstić information content (AvgIpc) is 2.45. The smallest absolute Gasteiger partial charge is 0.229 e. The van der Waals surface area contributed by atoms with Gasteiger partial charge in [0, 0.05) is 26.0 Å². The van der Waals surface area contributed by atoms with Gasteiger partial charge in [0.05, 0.1) is 0 Å². The monoisotopic (exact) mass is 371 g/mol. The van der Waals surface area contributed by atoms with Gasteiger partial charge >= 0.3 is 0 Å². The fourth-order valence-electron chi connectivity index (χ4n) is 2.77. The van der Waals surface area contributed by atoms with Crippen molar-refractivity contribution in [2.45, 2.75) is 105 Å². The van der Waals surface area contributed by atoms with Crippen molar-refractivity contribution in [2.75, 3.05) is 6.61 Å². The van der Waals surface area contributed by atoms with Crippen LogP contribution in [0.1, 0.15) is 80.6 Å². The van der Waals surface area contributed by atoms with Crippen molar-refractivity contribution in [3.05, 3.63) is 0 Å². The summed E-state index contributed by atoms with van der Waals surface area (Å²) in [4.78, 5) is 25.9. The van der Waals surface area contributed by atoms with E-state index in [1.54, 1.807) is 0 Å². The maximum absolute atomic E-state index is 12.5. The maximum atomic E-state index is 12.5. The highest BCUT2D eigenvalue weighted by Crippen LogP contribution is 2.36. The first-order chi connectivity index (χ1) is 11.3. The van der Waals surface area contributed by atoms with Gasteiger partial charge in [0.1, 0.15) is 0 Å². The molecular formula is C20H41NO3Si. The minimum absolute atomic E-state index is 0.00641. The Morgan fingerprint density at radius 2 is 1.64 bits per heavy atom. The largest absolute Gasteiger partial charge is 0.417 e. The summed E-state index contributed by atoms with van der Waals surface area (Å²) in [5, 5.41) is 0.233. The third-order valence-electron chi connectivity index (χ3n) is 5.43. The molecule has 2 amide bonds. The number of carbonyl (C=O) groups is 2. The third-order valence-corrected chi connectivity index (χ3v) is 9.97.